The molecular formula is C16H22CuLiSi2. The predicted octanol–water partition coefficient (Wildman–Crippen LogP) is 2.91. The molecule has 0 aromatic heterocycles. The first-order valence-corrected chi connectivity index (χ1v) is 15.1. The van der Waals surface area contributed by atoms with Crippen molar-refractivity contribution >= 4 is 42.6 Å². The molecule has 0 aliphatic carbocycles. The Kier molecular flexibility index (Phi) is 6.60. The second-order valence-corrected chi connectivity index (χ2v) is 22.0. The van der Waals surface area contributed by atoms with Crippen LogP contribution in [0.25, 0.3) is 0 Å². The van der Waals surface area contributed by atoms with Gasteiger partial charge in [0.15, 0.2) is 0 Å². The largest absolute Gasteiger partial charge is 0 e. The maximum Gasteiger partial charge on any atom is 0 e. The Balaban J connectivity index is 0.00000200. The molecule has 20 heavy (non-hydrogen) atoms. The molecule has 2 rings (SSSR count). The van der Waals surface area contributed by atoms with Gasteiger partial charge >= 0.3 is 124 Å². The van der Waals surface area contributed by atoms with Gasteiger partial charge in [0, 0.05) is 18.9 Å². The van der Waals surface area contributed by atoms with E-state index in [1.165, 1.54) is 0 Å². The molecule has 0 bridgehead atoms. The first kappa shape index (κ1) is 18.0. The van der Waals surface area contributed by atoms with Gasteiger partial charge in [0.1, 0.15) is 0 Å². The molecule has 4 heteroatoms. The van der Waals surface area contributed by atoms with E-state index < -0.39 is 13.4 Å². The minimum Gasteiger partial charge on any atom is 0 e. The summed E-state index contributed by atoms with van der Waals surface area (Å²) in [6, 6.07) is 22.1. The van der Waals surface area contributed by atoms with Gasteiger partial charge in [0.25, 0.3) is 0 Å². The van der Waals surface area contributed by atoms with Crippen LogP contribution >= 0.6 is 0 Å². The summed E-state index contributed by atoms with van der Waals surface area (Å²) < 4.78 is 0. The van der Waals surface area contributed by atoms with E-state index >= 15 is 0 Å². The van der Waals surface area contributed by atoms with Crippen LogP contribution in [0.1, 0.15) is 0 Å². The number of rotatable bonds is 4. The molecule has 0 atom stereocenters. The Morgan fingerprint density at radius 3 is 1.20 bits per heavy atom. The normalized spacial score (nSPS) is 12.0. The van der Waals surface area contributed by atoms with E-state index in [0.29, 0.717) is 0 Å². The average molecular weight is 341 g/mol. The van der Waals surface area contributed by atoms with Gasteiger partial charge < -0.3 is 0 Å². The van der Waals surface area contributed by atoms with Crippen molar-refractivity contribution in [2.24, 2.45) is 0 Å². The summed E-state index contributed by atoms with van der Waals surface area (Å²) in [4.78, 5) is 0. The van der Waals surface area contributed by atoms with Gasteiger partial charge in [0.2, 0.25) is 0 Å². The van der Waals surface area contributed by atoms with Crippen molar-refractivity contribution in [3.63, 3.8) is 0 Å². The van der Waals surface area contributed by atoms with Crippen molar-refractivity contribution in [3.05, 3.63) is 60.7 Å². The first-order chi connectivity index (χ1) is 8.92. The Morgan fingerprint density at radius 1 is 0.600 bits per heavy atom. The maximum absolute atomic E-state index is 2.47. The average Bonchev–Trinajstić information content (AvgIpc) is 2.40. The van der Waals surface area contributed by atoms with Crippen molar-refractivity contribution in [1.29, 1.82) is 0 Å². The minimum atomic E-state index is -1.43. The molecule has 0 N–H and O–H groups in total. The monoisotopic (exact) mass is 340 g/mol. The molecule has 0 unspecified atom stereocenters. The summed E-state index contributed by atoms with van der Waals surface area (Å²) in [7, 11) is 0. The van der Waals surface area contributed by atoms with E-state index in [1.807, 2.05) is 0 Å². The summed E-state index contributed by atoms with van der Waals surface area (Å²) in [6.45, 7) is 7.03. The number of benzene rings is 2. The fourth-order valence-corrected chi connectivity index (χ4v) is 25.2. The van der Waals surface area contributed by atoms with Crippen molar-refractivity contribution in [2.45, 2.75) is 26.2 Å². The molecule has 0 saturated heterocycles. The first-order valence-electron chi connectivity index (χ1n) is 6.62. The fraction of sp³-hybridized carbons (Fsp3) is 0.250. The summed E-state index contributed by atoms with van der Waals surface area (Å²) >= 11 is 2.40. The summed E-state index contributed by atoms with van der Waals surface area (Å²) in [6.07, 6.45) is 0. The van der Waals surface area contributed by atoms with Crippen LogP contribution in [0.15, 0.2) is 60.7 Å². The van der Waals surface area contributed by atoms with Crippen LogP contribution in [0.4, 0.5) is 0 Å². The van der Waals surface area contributed by atoms with Gasteiger partial charge in [-0.05, 0) is 0 Å². The molecule has 0 nitrogen and oxygen atoms in total. The van der Waals surface area contributed by atoms with Gasteiger partial charge in [-0.25, -0.2) is 0 Å². The van der Waals surface area contributed by atoms with Crippen LogP contribution in [0, 0.1) is 0 Å². The second-order valence-electron chi connectivity index (χ2n) is 5.56. The zero-order valence-corrected chi connectivity index (χ0v) is 16.0. The van der Waals surface area contributed by atoms with E-state index in [4.69, 9.17) is 0 Å². The fourth-order valence-electron chi connectivity index (χ4n) is 2.20. The minimum absolute atomic E-state index is 0. The molecular weight excluding hydrogens is 319 g/mol. The molecule has 0 saturated carbocycles. The topological polar surface area (TPSA) is 0 Å². The smallest absolute Gasteiger partial charge is 0 e. The predicted molar refractivity (Wildman–Crippen MR) is 92.9 cm³/mol. The Labute approximate surface area is 142 Å². The quantitative estimate of drug-likeness (QED) is 0.751. The van der Waals surface area contributed by atoms with Crippen LogP contribution in [0.2, 0.25) is 26.2 Å². The van der Waals surface area contributed by atoms with E-state index in [9.17, 15) is 0 Å². The Bertz CT molecular complexity index is 477. The molecule has 0 fully saturated rings. The summed E-state index contributed by atoms with van der Waals surface area (Å²) in [5, 5.41) is 3.10. The van der Waals surface area contributed by atoms with Crippen molar-refractivity contribution in [1.82, 2.24) is 0 Å². The number of hydrogen-bond donors (Lipinski definition) is 0. The van der Waals surface area contributed by atoms with E-state index in [1.54, 1.807) is 10.4 Å². The molecule has 0 spiro atoms. The van der Waals surface area contributed by atoms with Crippen molar-refractivity contribution in [2.75, 3.05) is 0 Å². The van der Waals surface area contributed by atoms with Crippen LogP contribution < -0.4 is 10.4 Å². The molecule has 0 amide bonds. The zero-order chi connectivity index (χ0) is 13.9. The SMILES string of the molecule is C[Si](C)([Cu][Si](C)(C)c1ccccc1)c1ccccc1.[Li]. The standard InChI is InChI=1S/2C8H11Si.Cu.Li/c2*1-9(2)8-6-4-3-5-7-8;;/h2*3-7H,1-2H3;;. The molecule has 0 heterocycles. The zero-order valence-electron chi connectivity index (χ0n) is 13.1. The molecule has 1 radical (unpaired) electrons. The maximum atomic E-state index is 2.47. The number of hydrogen-bond acceptors (Lipinski definition) is 0. The Morgan fingerprint density at radius 2 is 0.900 bits per heavy atom. The van der Waals surface area contributed by atoms with Crippen molar-refractivity contribution in [3.8, 4) is 0 Å². The van der Waals surface area contributed by atoms with Crippen LogP contribution in [0.5, 0.6) is 0 Å². The molecule has 2 aromatic rings. The third-order valence-electron chi connectivity index (χ3n) is 3.25. The molecule has 0 aliphatic heterocycles. The van der Waals surface area contributed by atoms with Crippen LogP contribution in [0.3, 0.4) is 0 Å². The molecule has 2 aromatic carbocycles. The second kappa shape index (κ2) is 7.31. The van der Waals surface area contributed by atoms with Gasteiger partial charge in [-0.2, -0.15) is 0 Å². The Hall–Kier alpha value is -0.00935. The van der Waals surface area contributed by atoms with Crippen molar-refractivity contribution < 1.29 is 13.7 Å². The van der Waals surface area contributed by atoms with Gasteiger partial charge in [0.05, 0.1) is 0 Å². The van der Waals surface area contributed by atoms with Crippen LogP contribution in [-0.4, -0.2) is 32.2 Å². The third-order valence-corrected chi connectivity index (χ3v) is 21.8. The molecule has 0 aliphatic rings. The third kappa shape index (κ3) is 4.50. The van der Waals surface area contributed by atoms with E-state index in [2.05, 4.69) is 101 Å². The van der Waals surface area contributed by atoms with E-state index in [0.717, 1.165) is 0 Å². The molecule has 106 valence electrons. The van der Waals surface area contributed by atoms with Crippen LogP contribution in [-0.2, 0) is 13.7 Å². The summed E-state index contributed by atoms with van der Waals surface area (Å²) in [5.41, 5.74) is 0. The summed E-state index contributed by atoms with van der Waals surface area (Å²) in [5.74, 6) is 0. The van der Waals surface area contributed by atoms with Gasteiger partial charge in [-0.3, -0.25) is 0 Å². The van der Waals surface area contributed by atoms with Gasteiger partial charge in [-0.15, -0.1) is 0 Å². The van der Waals surface area contributed by atoms with E-state index in [-0.39, 0.29) is 18.9 Å². The van der Waals surface area contributed by atoms with Gasteiger partial charge in [-0.1, -0.05) is 0 Å².